The lowest BCUT2D eigenvalue weighted by molar-refractivity contribution is 0.00211. The first kappa shape index (κ1) is 21.8. The molecule has 0 saturated carbocycles. The number of benzene rings is 2. The van der Waals surface area contributed by atoms with E-state index in [1.165, 1.54) is 5.56 Å². The number of morpholine rings is 1. The normalized spacial score (nSPS) is 21.4. The average molecular weight is 424 g/mol. The second kappa shape index (κ2) is 11.3. The molecular weight excluding hydrogens is 390 g/mol. The molecule has 2 saturated heterocycles. The number of nitrogens with zero attached hydrogens (tertiary/aromatic N) is 1. The maximum absolute atomic E-state index is 12.9. The highest BCUT2D eigenvalue weighted by Gasteiger charge is 2.32. The van der Waals surface area contributed by atoms with Gasteiger partial charge in [-0.15, -0.1) is 0 Å². The lowest BCUT2D eigenvalue weighted by Crippen LogP contribution is -2.53. The van der Waals surface area contributed by atoms with Crippen molar-refractivity contribution in [3.8, 4) is 0 Å². The van der Waals surface area contributed by atoms with E-state index >= 15 is 0 Å². The molecule has 2 fully saturated rings. The van der Waals surface area contributed by atoms with Crippen LogP contribution in [-0.2, 0) is 15.9 Å². The van der Waals surface area contributed by atoms with Crippen LogP contribution in [0.3, 0.4) is 0 Å². The first-order valence-corrected chi connectivity index (χ1v) is 11.3. The minimum Gasteiger partial charge on any atom is -0.381 e. The third-order valence-electron chi connectivity index (χ3n) is 6.29. The molecule has 0 radical (unpaired) electrons. The Labute approximate surface area is 184 Å². The van der Waals surface area contributed by atoms with Crippen LogP contribution in [-0.4, -0.2) is 63.0 Å². The topological polar surface area (TPSA) is 62.8 Å². The van der Waals surface area contributed by atoms with Crippen molar-refractivity contribution in [1.29, 1.82) is 0 Å². The van der Waals surface area contributed by atoms with Gasteiger partial charge in [0.2, 0.25) is 0 Å². The van der Waals surface area contributed by atoms with Gasteiger partial charge in [-0.3, -0.25) is 4.90 Å². The zero-order valence-corrected chi connectivity index (χ0v) is 18.0. The second-order valence-electron chi connectivity index (χ2n) is 8.35. The Kier molecular flexibility index (Phi) is 7.93. The summed E-state index contributed by atoms with van der Waals surface area (Å²) in [6.45, 7) is 5.52. The van der Waals surface area contributed by atoms with Crippen LogP contribution in [0, 0.1) is 5.92 Å². The smallest absolute Gasteiger partial charge is 0.315 e. The summed E-state index contributed by atoms with van der Waals surface area (Å²) in [4.78, 5) is 15.4. The molecule has 2 aromatic rings. The van der Waals surface area contributed by atoms with Crippen LogP contribution in [0.25, 0.3) is 0 Å². The number of nitrogens with one attached hydrogen (secondary N) is 2. The molecule has 2 aliphatic heterocycles. The molecule has 0 unspecified atom stereocenters. The van der Waals surface area contributed by atoms with E-state index in [9.17, 15) is 4.79 Å². The molecule has 3 atom stereocenters. The van der Waals surface area contributed by atoms with Gasteiger partial charge < -0.3 is 20.1 Å². The SMILES string of the molecule is O=C(NC[C@H]([C@@H]1CCOC1)N1CCOCC1)N[C@H](Cc1ccccc1)c1ccccc1. The zero-order chi connectivity index (χ0) is 21.3. The molecule has 2 amide bonds. The van der Waals surface area contributed by atoms with E-state index in [4.69, 9.17) is 9.47 Å². The number of urea groups is 1. The summed E-state index contributed by atoms with van der Waals surface area (Å²) >= 11 is 0. The molecule has 0 spiro atoms. The van der Waals surface area contributed by atoms with Crippen molar-refractivity contribution >= 4 is 6.03 Å². The van der Waals surface area contributed by atoms with Crippen LogP contribution in [0.5, 0.6) is 0 Å². The molecule has 6 nitrogen and oxygen atoms in total. The first-order valence-electron chi connectivity index (χ1n) is 11.3. The molecular formula is C25H33N3O3. The second-order valence-corrected chi connectivity index (χ2v) is 8.35. The van der Waals surface area contributed by atoms with Crippen LogP contribution < -0.4 is 10.6 Å². The lowest BCUT2D eigenvalue weighted by atomic mass is 9.97. The van der Waals surface area contributed by atoms with Gasteiger partial charge in [-0.05, 0) is 24.0 Å². The third-order valence-corrected chi connectivity index (χ3v) is 6.29. The number of hydrogen-bond donors (Lipinski definition) is 2. The number of ether oxygens (including phenoxy) is 2. The third kappa shape index (κ3) is 6.29. The highest BCUT2D eigenvalue weighted by Crippen LogP contribution is 2.22. The number of carbonyl (C=O) groups is 1. The van der Waals surface area contributed by atoms with Gasteiger partial charge in [-0.1, -0.05) is 60.7 Å². The van der Waals surface area contributed by atoms with Crippen molar-refractivity contribution in [3.63, 3.8) is 0 Å². The largest absolute Gasteiger partial charge is 0.381 e. The van der Waals surface area contributed by atoms with Crippen LogP contribution in [0.15, 0.2) is 60.7 Å². The van der Waals surface area contributed by atoms with Gasteiger partial charge in [-0.2, -0.15) is 0 Å². The van der Waals surface area contributed by atoms with Crippen LogP contribution >= 0.6 is 0 Å². The molecule has 4 rings (SSSR count). The minimum absolute atomic E-state index is 0.0831. The number of rotatable bonds is 8. The van der Waals surface area contributed by atoms with Gasteiger partial charge in [0.15, 0.2) is 0 Å². The van der Waals surface area contributed by atoms with Crippen LogP contribution in [0.1, 0.15) is 23.6 Å². The lowest BCUT2D eigenvalue weighted by Gasteiger charge is -2.37. The van der Waals surface area contributed by atoms with Gasteiger partial charge in [0, 0.05) is 38.2 Å². The van der Waals surface area contributed by atoms with Crippen LogP contribution in [0.4, 0.5) is 4.79 Å². The van der Waals surface area contributed by atoms with Crippen molar-refractivity contribution in [3.05, 3.63) is 71.8 Å². The van der Waals surface area contributed by atoms with E-state index in [1.807, 2.05) is 36.4 Å². The van der Waals surface area contributed by atoms with Crippen LogP contribution in [0.2, 0.25) is 0 Å². The summed E-state index contributed by atoms with van der Waals surface area (Å²) in [5.74, 6) is 0.452. The van der Waals surface area contributed by atoms with Gasteiger partial charge in [0.25, 0.3) is 0 Å². The molecule has 31 heavy (non-hydrogen) atoms. The average Bonchev–Trinajstić information content (AvgIpc) is 3.35. The molecule has 0 bridgehead atoms. The first-order chi connectivity index (χ1) is 15.3. The predicted molar refractivity (Wildman–Crippen MR) is 121 cm³/mol. The zero-order valence-electron chi connectivity index (χ0n) is 18.0. The minimum atomic E-state index is -0.123. The number of hydrogen-bond acceptors (Lipinski definition) is 4. The monoisotopic (exact) mass is 423 g/mol. The van der Waals surface area contributed by atoms with E-state index in [-0.39, 0.29) is 18.1 Å². The van der Waals surface area contributed by atoms with Crippen molar-refractivity contribution < 1.29 is 14.3 Å². The maximum atomic E-state index is 12.9. The molecule has 2 aliphatic rings. The highest BCUT2D eigenvalue weighted by molar-refractivity contribution is 5.74. The van der Waals surface area contributed by atoms with Gasteiger partial charge in [-0.25, -0.2) is 4.79 Å². The summed E-state index contributed by atoms with van der Waals surface area (Å²) in [6, 6.07) is 20.5. The number of carbonyl (C=O) groups excluding carboxylic acids is 1. The van der Waals surface area contributed by atoms with Crippen molar-refractivity contribution in [2.24, 2.45) is 5.92 Å². The number of amides is 2. The fraction of sp³-hybridized carbons (Fsp3) is 0.480. The highest BCUT2D eigenvalue weighted by atomic mass is 16.5. The molecule has 6 heteroatoms. The molecule has 2 heterocycles. The van der Waals surface area contributed by atoms with Crippen molar-refractivity contribution in [2.75, 3.05) is 46.1 Å². The fourth-order valence-corrected chi connectivity index (χ4v) is 4.55. The summed E-state index contributed by atoms with van der Waals surface area (Å²) in [5.41, 5.74) is 2.31. The summed E-state index contributed by atoms with van der Waals surface area (Å²) in [6.07, 6.45) is 1.80. The summed E-state index contributed by atoms with van der Waals surface area (Å²) < 4.78 is 11.2. The molecule has 2 aromatic carbocycles. The Balaban J connectivity index is 1.39. The van der Waals surface area contributed by atoms with Gasteiger partial charge in [0.1, 0.15) is 0 Å². The molecule has 0 aromatic heterocycles. The fourth-order valence-electron chi connectivity index (χ4n) is 4.55. The molecule has 2 N–H and O–H groups in total. The van der Waals surface area contributed by atoms with Gasteiger partial charge >= 0.3 is 6.03 Å². The van der Waals surface area contributed by atoms with E-state index in [1.54, 1.807) is 0 Å². The van der Waals surface area contributed by atoms with E-state index in [0.717, 1.165) is 57.9 Å². The quantitative estimate of drug-likeness (QED) is 0.685. The summed E-state index contributed by atoms with van der Waals surface area (Å²) in [7, 11) is 0. The maximum Gasteiger partial charge on any atom is 0.315 e. The molecule has 166 valence electrons. The summed E-state index contributed by atoms with van der Waals surface area (Å²) in [5, 5.41) is 6.36. The Morgan fingerprint density at radius 2 is 1.68 bits per heavy atom. The van der Waals surface area contributed by atoms with Crippen molar-refractivity contribution in [2.45, 2.75) is 24.9 Å². The Bertz CT molecular complexity index is 790. The van der Waals surface area contributed by atoms with Gasteiger partial charge in [0.05, 0.1) is 25.9 Å². The molecule has 0 aliphatic carbocycles. The van der Waals surface area contributed by atoms with E-state index in [0.29, 0.717) is 12.5 Å². The Morgan fingerprint density at radius 1 is 0.968 bits per heavy atom. The Hall–Kier alpha value is -2.41. The van der Waals surface area contributed by atoms with E-state index < -0.39 is 0 Å². The van der Waals surface area contributed by atoms with Crippen molar-refractivity contribution in [1.82, 2.24) is 15.5 Å². The Morgan fingerprint density at radius 3 is 2.35 bits per heavy atom. The van der Waals surface area contributed by atoms with E-state index in [2.05, 4.69) is 39.8 Å². The standard InChI is InChI=1S/C25H33N3O3/c29-25(26-18-24(22-11-14-31-19-22)28-12-15-30-16-13-28)27-23(21-9-5-2-6-10-21)17-20-7-3-1-4-8-20/h1-10,22-24H,11-19H2,(H2,26,27,29)/t22-,23-,24-/m1/s1. The predicted octanol–water partition coefficient (Wildman–Crippen LogP) is 3.01.